The maximum Gasteiger partial charge on any atom is 0.317 e. The van der Waals surface area contributed by atoms with Crippen LogP contribution >= 0.6 is 0 Å². The van der Waals surface area contributed by atoms with E-state index in [-0.39, 0.29) is 11.8 Å². The van der Waals surface area contributed by atoms with Gasteiger partial charge in [0.05, 0.1) is 6.20 Å². The minimum atomic E-state index is -0.327. The Labute approximate surface area is 117 Å². The summed E-state index contributed by atoms with van der Waals surface area (Å²) in [6.45, 7) is 3.62. The van der Waals surface area contributed by atoms with Crippen LogP contribution in [0.5, 0.6) is 0 Å². The molecule has 1 N–H and O–H groups in total. The summed E-state index contributed by atoms with van der Waals surface area (Å²) in [4.78, 5) is 19.9. The number of piperazine rings is 1. The first-order valence-electron chi connectivity index (χ1n) is 7.11. The van der Waals surface area contributed by atoms with Gasteiger partial charge in [-0.2, -0.15) is 0 Å². The summed E-state index contributed by atoms with van der Waals surface area (Å²) in [5.74, 6) is 1.14. The first-order valence-corrected chi connectivity index (χ1v) is 7.11. The number of rotatable bonds is 3. The van der Waals surface area contributed by atoms with Crippen LogP contribution in [0, 0.1) is 11.7 Å². The largest absolute Gasteiger partial charge is 0.353 e. The van der Waals surface area contributed by atoms with Crippen LogP contribution in [0.25, 0.3) is 0 Å². The second-order valence-corrected chi connectivity index (χ2v) is 5.44. The van der Waals surface area contributed by atoms with E-state index >= 15 is 0 Å². The highest BCUT2D eigenvalue weighted by Crippen LogP contribution is 2.27. The number of amides is 2. The molecule has 20 heavy (non-hydrogen) atoms. The van der Waals surface area contributed by atoms with Crippen LogP contribution in [0.1, 0.15) is 12.8 Å². The van der Waals surface area contributed by atoms with Gasteiger partial charge in [0.2, 0.25) is 0 Å². The van der Waals surface area contributed by atoms with Crippen molar-refractivity contribution in [1.29, 1.82) is 0 Å². The SMILES string of the molecule is O=C(NCC1CC1)N1CCN(c2ccc(F)cn2)CC1. The number of nitrogens with one attached hydrogen (secondary N) is 1. The Morgan fingerprint density at radius 2 is 2.05 bits per heavy atom. The number of urea groups is 1. The van der Waals surface area contributed by atoms with Gasteiger partial charge < -0.3 is 15.1 Å². The van der Waals surface area contributed by atoms with Crippen molar-refractivity contribution in [3.05, 3.63) is 24.1 Å². The third-order valence-corrected chi connectivity index (χ3v) is 3.84. The van der Waals surface area contributed by atoms with E-state index in [4.69, 9.17) is 0 Å². The molecule has 2 fully saturated rings. The minimum Gasteiger partial charge on any atom is -0.353 e. The predicted octanol–water partition coefficient (Wildman–Crippen LogP) is 1.46. The molecule has 0 spiro atoms. The summed E-state index contributed by atoms with van der Waals surface area (Å²) in [7, 11) is 0. The van der Waals surface area contributed by atoms with Gasteiger partial charge in [0.25, 0.3) is 0 Å². The summed E-state index contributed by atoms with van der Waals surface area (Å²) in [5.41, 5.74) is 0. The molecule has 1 aliphatic heterocycles. The highest BCUT2D eigenvalue weighted by atomic mass is 19.1. The molecule has 1 aliphatic carbocycles. The van der Waals surface area contributed by atoms with Gasteiger partial charge in [-0.1, -0.05) is 0 Å². The second-order valence-electron chi connectivity index (χ2n) is 5.44. The molecule has 5 nitrogen and oxygen atoms in total. The molecule has 1 aromatic rings. The summed E-state index contributed by atoms with van der Waals surface area (Å²) < 4.78 is 12.8. The van der Waals surface area contributed by atoms with Crippen molar-refractivity contribution in [1.82, 2.24) is 15.2 Å². The van der Waals surface area contributed by atoms with Crippen molar-refractivity contribution in [2.24, 2.45) is 5.92 Å². The number of carbonyl (C=O) groups is 1. The van der Waals surface area contributed by atoms with Gasteiger partial charge in [0.15, 0.2) is 0 Å². The molecule has 1 aromatic heterocycles. The number of aromatic nitrogens is 1. The van der Waals surface area contributed by atoms with Crippen LogP contribution in [-0.4, -0.2) is 48.6 Å². The fourth-order valence-corrected chi connectivity index (χ4v) is 2.36. The Morgan fingerprint density at radius 1 is 1.30 bits per heavy atom. The highest BCUT2D eigenvalue weighted by Gasteiger charge is 2.25. The van der Waals surface area contributed by atoms with Gasteiger partial charge in [0, 0.05) is 32.7 Å². The first-order chi connectivity index (χ1) is 9.72. The molecule has 108 valence electrons. The van der Waals surface area contributed by atoms with Crippen molar-refractivity contribution in [2.45, 2.75) is 12.8 Å². The number of nitrogens with zero attached hydrogens (tertiary/aromatic N) is 3. The first kappa shape index (κ1) is 13.1. The molecule has 1 saturated carbocycles. The number of pyridine rings is 1. The maximum atomic E-state index is 12.8. The van der Waals surface area contributed by atoms with Gasteiger partial charge in [0.1, 0.15) is 11.6 Å². The fourth-order valence-electron chi connectivity index (χ4n) is 2.36. The standard InChI is InChI=1S/C14H19FN4O/c15-12-3-4-13(16-10-12)18-5-7-19(8-6-18)14(20)17-9-11-1-2-11/h3-4,10-11H,1-2,5-9H2,(H,17,20). The molecule has 0 bridgehead atoms. The van der Waals surface area contributed by atoms with Crippen molar-refractivity contribution in [2.75, 3.05) is 37.6 Å². The third kappa shape index (κ3) is 3.18. The molecule has 3 rings (SSSR count). The molecular weight excluding hydrogens is 259 g/mol. The van der Waals surface area contributed by atoms with E-state index in [9.17, 15) is 9.18 Å². The van der Waals surface area contributed by atoms with Crippen LogP contribution in [-0.2, 0) is 0 Å². The quantitative estimate of drug-likeness (QED) is 0.910. The smallest absolute Gasteiger partial charge is 0.317 e. The van der Waals surface area contributed by atoms with E-state index in [2.05, 4.69) is 15.2 Å². The van der Waals surface area contributed by atoms with Crippen molar-refractivity contribution in [3.63, 3.8) is 0 Å². The molecule has 2 aliphatic rings. The maximum absolute atomic E-state index is 12.8. The van der Waals surface area contributed by atoms with Crippen LogP contribution in [0.3, 0.4) is 0 Å². The van der Waals surface area contributed by atoms with Crippen LogP contribution in [0.15, 0.2) is 18.3 Å². The molecule has 2 heterocycles. The molecule has 0 aromatic carbocycles. The van der Waals surface area contributed by atoms with Crippen LogP contribution in [0.2, 0.25) is 0 Å². The highest BCUT2D eigenvalue weighted by molar-refractivity contribution is 5.74. The molecular formula is C14H19FN4O. The third-order valence-electron chi connectivity index (χ3n) is 3.84. The normalized spacial score (nSPS) is 19.1. The number of hydrogen-bond donors (Lipinski definition) is 1. The number of carbonyl (C=O) groups excluding carboxylic acids is 1. The van der Waals surface area contributed by atoms with E-state index in [0.717, 1.165) is 25.5 Å². The van der Waals surface area contributed by atoms with Crippen molar-refractivity contribution < 1.29 is 9.18 Å². The van der Waals surface area contributed by atoms with Gasteiger partial charge in [-0.15, -0.1) is 0 Å². The Bertz CT molecular complexity index is 467. The Morgan fingerprint density at radius 3 is 2.65 bits per heavy atom. The molecule has 2 amide bonds. The van der Waals surface area contributed by atoms with Crippen LogP contribution < -0.4 is 10.2 Å². The Hall–Kier alpha value is -1.85. The van der Waals surface area contributed by atoms with Crippen molar-refractivity contribution in [3.8, 4) is 0 Å². The average molecular weight is 278 g/mol. The summed E-state index contributed by atoms with van der Waals surface area (Å²) >= 11 is 0. The van der Waals surface area contributed by atoms with E-state index in [0.29, 0.717) is 19.0 Å². The summed E-state index contributed by atoms with van der Waals surface area (Å²) in [6, 6.07) is 3.12. The lowest BCUT2D eigenvalue weighted by molar-refractivity contribution is 0.194. The van der Waals surface area contributed by atoms with E-state index in [1.54, 1.807) is 6.07 Å². The molecule has 1 saturated heterocycles. The lowest BCUT2D eigenvalue weighted by Gasteiger charge is -2.35. The fraction of sp³-hybridized carbons (Fsp3) is 0.571. The topological polar surface area (TPSA) is 48.5 Å². The predicted molar refractivity (Wildman–Crippen MR) is 74.1 cm³/mol. The average Bonchev–Trinajstić information content (AvgIpc) is 3.30. The van der Waals surface area contributed by atoms with Gasteiger partial charge in [-0.05, 0) is 30.9 Å². The number of hydrogen-bond acceptors (Lipinski definition) is 3. The summed E-state index contributed by atoms with van der Waals surface area (Å²) in [5, 5.41) is 2.98. The second kappa shape index (κ2) is 5.64. The van der Waals surface area contributed by atoms with E-state index < -0.39 is 0 Å². The zero-order valence-corrected chi connectivity index (χ0v) is 11.4. The van der Waals surface area contributed by atoms with E-state index in [1.807, 2.05) is 4.90 Å². The molecule has 6 heteroatoms. The molecule has 0 atom stereocenters. The zero-order chi connectivity index (χ0) is 13.9. The lowest BCUT2D eigenvalue weighted by Crippen LogP contribution is -2.52. The minimum absolute atomic E-state index is 0.0311. The van der Waals surface area contributed by atoms with Crippen LogP contribution in [0.4, 0.5) is 15.0 Å². The van der Waals surface area contributed by atoms with Gasteiger partial charge >= 0.3 is 6.03 Å². The Kier molecular flexibility index (Phi) is 3.71. The lowest BCUT2D eigenvalue weighted by atomic mass is 10.3. The molecule has 0 radical (unpaired) electrons. The summed E-state index contributed by atoms with van der Waals surface area (Å²) in [6.07, 6.45) is 3.71. The van der Waals surface area contributed by atoms with Gasteiger partial charge in [-0.3, -0.25) is 0 Å². The van der Waals surface area contributed by atoms with Crippen molar-refractivity contribution >= 4 is 11.8 Å². The van der Waals surface area contributed by atoms with E-state index in [1.165, 1.54) is 25.1 Å². The number of anilines is 1. The zero-order valence-electron chi connectivity index (χ0n) is 11.4. The number of halogens is 1. The molecule has 0 unspecified atom stereocenters. The Balaban J connectivity index is 1.48. The monoisotopic (exact) mass is 278 g/mol. The van der Waals surface area contributed by atoms with Gasteiger partial charge in [-0.25, -0.2) is 14.2 Å².